The van der Waals surface area contributed by atoms with E-state index in [-0.39, 0.29) is 5.82 Å². The highest BCUT2D eigenvalue weighted by Gasteiger charge is 2.32. The lowest BCUT2D eigenvalue weighted by molar-refractivity contribution is -0.000801. The largest absolute Gasteiger partial charge is 0.399 e. The zero-order valence-electron chi connectivity index (χ0n) is 10.7. The van der Waals surface area contributed by atoms with Crippen molar-refractivity contribution in [3.63, 3.8) is 0 Å². The van der Waals surface area contributed by atoms with Crippen molar-refractivity contribution in [3.8, 4) is 0 Å². The minimum absolute atomic E-state index is 0.373. The smallest absolute Gasteiger partial charge is 0.148 e. The first-order chi connectivity index (χ1) is 8.48. The van der Waals surface area contributed by atoms with Gasteiger partial charge >= 0.3 is 0 Å². The van der Waals surface area contributed by atoms with E-state index >= 15 is 0 Å². The molecule has 18 heavy (non-hydrogen) atoms. The molecule has 0 spiro atoms. The van der Waals surface area contributed by atoms with Crippen LogP contribution in [0, 0.1) is 11.7 Å². The predicted octanol–water partition coefficient (Wildman–Crippen LogP) is 2.76. The van der Waals surface area contributed by atoms with Crippen LogP contribution in [0.4, 0.5) is 15.8 Å². The molecule has 3 nitrogen and oxygen atoms in total. The minimum Gasteiger partial charge on any atom is -0.399 e. The number of benzene rings is 1. The highest BCUT2D eigenvalue weighted by molar-refractivity contribution is 5.52. The van der Waals surface area contributed by atoms with E-state index in [4.69, 9.17) is 5.73 Å². The Morgan fingerprint density at radius 3 is 3.00 bits per heavy atom. The van der Waals surface area contributed by atoms with Crippen molar-refractivity contribution in [1.82, 2.24) is 0 Å². The van der Waals surface area contributed by atoms with Gasteiger partial charge in [0, 0.05) is 12.2 Å². The van der Waals surface area contributed by atoms with E-state index in [9.17, 15) is 9.50 Å². The molecule has 2 rings (SSSR count). The van der Waals surface area contributed by atoms with Crippen molar-refractivity contribution < 1.29 is 9.50 Å². The zero-order valence-corrected chi connectivity index (χ0v) is 10.7. The number of anilines is 2. The SMILES string of the molecule is CC1CCCC(O)(CNc2ccc(N)cc2F)C1. The molecule has 2 unspecified atom stereocenters. The van der Waals surface area contributed by atoms with Gasteiger partial charge in [0.25, 0.3) is 0 Å². The van der Waals surface area contributed by atoms with Crippen LogP contribution in [0.2, 0.25) is 0 Å². The maximum Gasteiger partial charge on any atom is 0.148 e. The summed E-state index contributed by atoms with van der Waals surface area (Å²) in [5.41, 5.74) is 5.58. The van der Waals surface area contributed by atoms with Gasteiger partial charge in [0.1, 0.15) is 5.82 Å². The summed E-state index contributed by atoms with van der Waals surface area (Å²) in [5.74, 6) is 0.157. The summed E-state index contributed by atoms with van der Waals surface area (Å²) in [5, 5.41) is 13.4. The summed E-state index contributed by atoms with van der Waals surface area (Å²) in [6.07, 6.45) is 3.75. The Balaban J connectivity index is 1.98. The van der Waals surface area contributed by atoms with Crippen molar-refractivity contribution >= 4 is 11.4 Å². The Labute approximate surface area is 107 Å². The van der Waals surface area contributed by atoms with E-state index in [0.717, 1.165) is 19.3 Å². The number of rotatable bonds is 3. The van der Waals surface area contributed by atoms with Crippen LogP contribution in [0.15, 0.2) is 18.2 Å². The predicted molar refractivity (Wildman–Crippen MR) is 71.9 cm³/mol. The van der Waals surface area contributed by atoms with Crippen LogP contribution in [-0.4, -0.2) is 17.3 Å². The fraction of sp³-hybridized carbons (Fsp3) is 0.571. The molecule has 1 aromatic carbocycles. The van der Waals surface area contributed by atoms with Crippen LogP contribution in [0.1, 0.15) is 32.6 Å². The first kappa shape index (κ1) is 13.1. The second-order valence-electron chi connectivity index (χ2n) is 5.52. The van der Waals surface area contributed by atoms with Gasteiger partial charge in [-0.3, -0.25) is 0 Å². The topological polar surface area (TPSA) is 58.3 Å². The molecule has 4 N–H and O–H groups in total. The number of hydrogen-bond acceptors (Lipinski definition) is 3. The quantitative estimate of drug-likeness (QED) is 0.725. The normalized spacial score (nSPS) is 28.1. The van der Waals surface area contributed by atoms with Crippen molar-refractivity contribution in [1.29, 1.82) is 0 Å². The molecule has 1 fully saturated rings. The third-order valence-electron chi connectivity index (χ3n) is 3.67. The molecule has 0 aromatic heterocycles. The van der Waals surface area contributed by atoms with E-state index in [0.29, 0.717) is 23.8 Å². The van der Waals surface area contributed by atoms with Gasteiger partial charge in [-0.2, -0.15) is 0 Å². The van der Waals surface area contributed by atoms with E-state index in [1.165, 1.54) is 12.5 Å². The fourth-order valence-corrected chi connectivity index (χ4v) is 2.73. The van der Waals surface area contributed by atoms with Gasteiger partial charge in [0.15, 0.2) is 0 Å². The molecule has 0 heterocycles. The van der Waals surface area contributed by atoms with E-state index in [2.05, 4.69) is 12.2 Å². The lowest BCUT2D eigenvalue weighted by Crippen LogP contribution is -2.41. The van der Waals surface area contributed by atoms with Crippen LogP contribution in [0.5, 0.6) is 0 Å². The zero-order chi connectivity index (χ0) is 13.2. The number of aliphatic hydroxyl groups is 1. The molecule has 0 saturated heterocycles. The summed E-state index contributed by atoms with van der Waals surface area (Å²) in [4.78, 5) is 0. The third kappa shape index (κ3) is 3.13. The summed E-state index contributed by atoms with van der Waals surface area (Å²) in [7, 11) is 0. The molecule has 1 aliphatic rings. The first-order valence-corrected chi connectivity index (χ1v) is 6.50. The average Bonchev–Trinajstić information content (AvgIpc) is 2.27. The summed E-state index contributed by atoms with van der Waals surface area (Å²) in [6.45, 7) is 2.53. The molecule has 1 saturated carbocycles. The lowest BCUT2D eigenvalue weighted by Gasteiger charge is -2.35. The molecule has 2 atom stereocenters. The molecule has 1 aliphatic carbocycles. The summed E-state index contributed by atoms with van der Waals surface area (Å²) < 4.78 is 13.6. The van der Waals surface area contributed by atoms with Crippen molar-refractivity contribution in [2.75, 3.05) is 17.6 Å². The van der Waals surface area contributed by atoms with Gasteiger partial charge < -0.3 is 16.2 Å². The molecule has 0 amide bonds. The number of nitrogen functional groups attached to an aromatic ring is 1. The summed E-state index contributed by atoms with van der Waals surface area (Å²) in [6, 6.07) is 4.55. The number of hydrogen-bond donors (Lipinski definition) is 3. The summed E-state index contributed by atoms with van der Waals surface area (Å²) >= 11 is 0. The van der Waals surface area contributed by atoms with Crippen LogP contribution < -0.4 is 11.1 Å². The maximum absolute atomic E-state index is 13.6. The number of nitrogens with one attached hydrogen (secondary N) is 1. The van der Waals surface area contributed by atoms with Gasteiger partial charge in [-0.05, 0) is 37.0 Å². The van der Waals surface area contributed by atoms with Crippen molar-refractivity contribution in [2.45, 2.75) is 38.2 Å². The van der Waals surface area contributed by atoms with Crippen LogP contribution in [0.25, 0.3) is 0 Å². The molecular weight excluding hydrogens is 231 g/mol. The van der Waals surface area contributed by atoms with Gasteiger partial charge in [-0.15, -0.1) is 0 Å². The van der Waals surface area contributed by atoms with E-state index < -0.39 is 5.60 Å². The van der Waals surface area contributed by atoms with E-state index in [1.54, 1.807) is 12.1 Å². The Bertz CT molecular complexity index is 424. The highest BCUT2D eigenvalue weighted by Crippen LogP contribution is 2.32. The van der Waals surface area contributed by atoms with Gasteiger partial charge in [0.2, 0.25) is 0 Å². The molecule has 0 radical (unpaired) electrons. The molecule has 1 aromatic rings. The maximum atomic E-state index is 13.6. The second-order valence-corrected chi connectivity index (χ2v) is 5.52. The number of nitrogens with two attached hydrogens (primary N) is 1. The van der Waals surface area contributed by atoms with Crippen LogP contribution >= 0.6 is 0 Å². The standard InChI is InChI=1S/C14H21FN2O/c1-10-3-2-6-14(18,8-10)9-17-13-5-4-11(16)7-12(13)15/h4-5,7,10,17-18H,2-3,6,8-9,16H2,1H3. The Hall–Kier alpha value is -1.29. The molecule has 100 valence electrons. The highest BCUT2D eigenvalue weighted by atomic mass is 19.1. The average molecular weight is 252 g/mol. The van der Waals surface area contributed by atoms with E-state index in [1.807, 2.05) is 0 Å². The first-order valence-electron chi connectivity index (χ1n) is 6.50. The fourth-order valence-electron chi connectivity index (χ4n) is 2.73. The van der Waals surface area contributed by atoms with Gasteiger partial charge in [-0.1, -0.05) is 19.8 Å². The van der Waals surface area contributed by atoms with Gasteiger partial charge in [-0.25, -0.2) is 4.39 Å². The Morgan fingerprint density at radius 1 is 1.56 bits per heavy atom. The molecule has 4 heteroatoms. The molecule has 0 aliphatic heterocycles. The number of halogens is 1. The van der Waals surface area contributed by atoms with Gasteiger partial charge in [0.05, 0.1) is 11.3 Å². The Kier molecular flexibility index (Phi) is 3.76. The van der Waals surface area contributed by atoms with Crippen LogP contribution in [0.3, 0.4) is 0 Å². The minimum atomic E-state index is -0.717. The van der Waals surface area contributed by atoms with Crippen molar-refractivity contribution in [3.05, 3.63) is 24.0 Å². The molecular formula is C14H21FN2O. The van der Waals surface area contributed by atoms with Crippen molar-refractivity contribution in [2.24, 2.45) is 5.92 Å². The monoisotopic (exact) mass is 252 g/mol. The third-order valence-corrected chi connectivity index (χ3v) is 3.67. The molecule has 0 bridgehead atoms. The van der Waals surface area contributed by atoms with Crippen LogP contribution in [-0.2, 0) is 0 Å². The second kappa shape index (κ2) is 5.14. The Morgan fingerprint density at radius 2 is 2.33 bits per heavy atom. The lowest BCUT2D eigenvalue weighted by atomic mass is 9.79.